The minimum atomic E-state index is -0.162. The highest BCUT2D eigenvalue weighted by Crippen LogP contribution is 2.52. The number of esters is 1. The van der Waals surface area contributed by atoms with E-state index in [0.717, 1.165) is 12.8 Å². The Morgan fingerprint density at radius 3 is 2.79 bits per heavy atom. The molecule has 2 aliphatic rings. The molecule has 1 saturated carbocycles. The molecule has 0 aromatic carbocycles. The van der Waals surface area contributed by atoms with Gasteiger partial charge in [-0.3, -0.25) is 4.79 Å². The van der Waals surface area contributed by atoms with Gasteiger partial charge in [0.2, 0.25) is 0 Å². The summed E-state index contributed by atoms with van der Waals surface area (Å²) in [6.07, 6.45) is 7.63. The molecule has 0 N–H and O–H groups in total. The topological polar surface area (TPSA) is 26.3 Å². The molecule has 2 rings (SSSR count). The van der Waals surface area contributed by atoms with Gasteiger partial charge < -0.3 is 4.74 Å². The van der Waals surface area contributed by atoms with Crippen LogP contribution in [0, 0.1) is 23.2 Å². The Kier molecular flexibility index (Phi) is 3.89. The van der Waals surface area contributed by atoms with E-state index in [-0.39, 0.29) is 17.5 Å². The van der Waals surface area contributed by atoms with E-state index in [1.54, 1.807) is 0 Å². The van der Waals surface area contributed by atoms with Crippen LogP contribution >= 0.6 is 0 Å². The van der Waals surface area contributed by atoms with Crippen molar-refractivity contribution in [3.63, 3.8) is 0 Å². The number of rotatable bonds is 1. The molecule has 0 radical (unpaired) electrons. The summed E-state index contributed by atoms with van der Waals surface area (Å²) in [6, 6.07) is 0. The van der Waals surface area contributed by atoms with E-state index in [4.69, 9.17) is 4.74 Å². The van der Waals surface area contributed by atoms with Gasteiger partial charge in [-0.15, -0.1) is 0 Å². The number of carbonyl (C=O) groups excluding carboxylic acids is 1. The molecule has 0 aliphatic heterocycles. The number of hydrogen-bond acceptors (Lipinski definition) is 2. The van der Waals surface area contributed by atoms with Crippen LogP contribution in [0.1, 0.15) is 47.0 Å². The molecule has 0 unspecified atom stereocenters. The Labute approximate surface area is 116 Å². The lowest BCUT2D eigenvalue weighted by Crippen LogP contribution is -2.31. The first kappa shape index (κ1) is 14.4. The van der Waals surface area contributed by atoms with Gasteiger partial charge in [-0.05, 0) is 42.4 Å². The van der Waals surface area contributed by atoms with E-state index in [1.807, 2.05) is 0 Å². The van der Waals surface area contributed by atoms with Gasteiger partial charge in [0.05, 0.1) is 0 Å². The lowest BCUT2D eigenvalue weighted by Gasteiger charge is -2.31. The van der Waals surface area contributed by atoms with E-state index in [9.17, 15) is 4.79 Å². The van der Waals surface area contributed by atoms with Crippen LogP contribution in [0.3, 0.4) is 0 Å². The number of ether oxygens (including phenoxy) is 1. The van der Waals surface area contributed by atoms with Crippen LogP contribution in [0.5, 0.6) is 0 Å². The summed E-state index contributed by atoms with van der Waals surface area (Å²) < 4.78 is 5.60. The van der Waals surface area contributed by atoms with Crippen molar-refractivity contribution < 1.29 is 9.53 Å². The minimum absolute atomic E-state index is 0.0260. The van der Waals surface area contributed by atoms with Crippen molar-refractivity contribution in [2.75, 3.05) is 0 Å². The van der Waals surface area contributed by atoms with Gasteiger partial charge >= 0.3 is 5.97 Å². The fraction of sp³-hybridized carbons (Fsp3) is 0.706. The molecule has 0 heterocycles. The maximum atomic E-state index is 11.3. The summed E-state index contributed by atoms with van der Waals surface area (Å²) in [5, 5.41) is 0. The summed E-state index contributed by atoms with van der Waals surface area (Å²) in [4.78, 5) is 11.3. The monoisotopic (exact) mass is 262 g/mol. The van der Waals surface area contributed by atoms with Crippen LogP contribution in [0.25, 0.3) is 0 Å². The molecule has 0 saturated heterocycles. The summed E-state index contributed by atoms with van der Waals surface area (Å²) >= 11 is 0. The highest BCUT2D eigenvalue weighted by Gasteiger charge is 2.46. The minimum Gasteiger partial charge on any atom is -0.462 e. The fourth-order valence-electron chi connectivity index (χ4n) is 3.36. The first-order chi connectivity index (χ1) is 8.80. The normalized spacial score (nSPS) is 39.1. The Bertz CT molecular complexity index is 405. The fourth-order valence-corrected chi connectivity index (χ4v) is 3.36. The van der Waals surface area contributed by atoms with Crippen molar-refractivity contribution in [1.29, 1.82) is 0 Å². The molecule has 2 heteroatoms. The molecule has 4 atom stereocenters. The summed E-state index contributed by atoms with van der Waals surface area (Å²) in [7, 11) is 0. The first-order valence-electron chi connectivity index (χ1n) is 7.33. The molecule has 106 valence electrons. The SMILES string of the molecule is C=C1C/C=C/C(C)(C)C[C@@H](OC(C)=O)[C@@H](C)[C@H]2C[C@H]12. The molecule has 0 amide bonds. The van der Waals surface area contributed by atoms with Crippen molar-refractivity contribution in [2.24, 2.45) is 23.2 Å². The average molecular weight is 262 g/mol. The van der Waals surface area contributed by atoms with Crippen molar-refractivity contribution in [3.8, 4) is 0 Å². The van der Waals surface area contributed by atoms with Crippen LogP contribution in [0.4, 0.5) is 0 Å². The molecule has 0 aromatic rings. The molecule has 0 bridgehead atoms. The molecule has 0 aromatic heterocycles. The summed E-state index contributed by atoms with van der Waals surface area (Å²) in [5.74, 6) is 1.55. The molecule has 2 aliphatic carbocycles. The smallest absolute Gasteiger partial charge is 0.302 e. The first-order valence-corrected chi connectivity index (χ1v) is 7.33. The van der Waals surface area contributed by atoms with Crippen LogP contribution in [-0.4, -0.2) is 12.1 Å². The molecule has 19 heavy (non-hydrogen) atoms. The van der Waals surface area contributed by atoms with Crippen LogP contribution < -0.4 is 0 Å². The second-order valence-electron chi connectivity index (χ2n) is 6.97. The van der Waals surface area contributed by atoms with E-state index >= 15 is 0 Å². The highest BCUT2D eigenvalue weighted by molar-refractivity contribution is 5.66. The van der Waals surface area contributed by atoms with Gasteiger partial charge in [-0.2, -0.15) is 0 Å². The summed E-state index contributed by atoms with van der Waals surface area (Å²) in [5.41, 5.74) is 1.41. The van der Waals surface area contributed by atoms with Crippen molar-refractivity contribution in [3.05, 3.63) is 24.3 Å². The zero-order valence-electron chi connectivity index (χ0n) is 12.6. The second kappa shape index (κ2) is 5.15. The quantitative estimate of drug-likeness (QED) is 0.525. The van der Waals surface area contributed by atoms with Crippen LogP contribution in [0.2, 0.25) is 0 Å². The van der Waals surface area contributed by atoms with Gasteiger partial charge in [0.1, 0.15) is 6.10 Å². The molecule has 2 nitrogen and oxygen atoms in total. The number of fused-ring (bicyclic) bond motifs is 1. The van der Waals surface area contributed by atoms with Crippen molar-refractivity contribution in [2.45, 2.75) is 53.1 Å². The molecular formula is C17H26O2. The van der Waals surface area contributed by atoms with E-state index in [0.29, 0.717) is 17.8 Å². The van der Waals surface area contributed by atoms with E-state index in [2.05, 4.69) is 39.5 Å². The Hall–Kier alpha value is -1.05. The maximum absolute atomic E-state index is 11.3. The lowest BCUT2D eigenvalue weighted by atomic mass is 9.80. The third-order valence-electron chi connectivity index (χ3n) is 4.62. The molecular weight excluding hydrogens is 236 g/mol. The van der Waals surface area contributed by atoms with Gasteiger partial charge in [-0.1, -0.05) is 45.1 Å². The van der Waals surface area contributed by atoms with Crippen LogP contribution in [-0.2, 0) is 9.53 Å². The van der Waals surface area contributed by atoms with Crippen molar-refractivity contribution >= 4 is 5.97 Å². The second-order valence-corrected chi connectivity index (χ2v) is 6.97. The zero-order chi connectivity index (χ0) is 14.2. The lowest BCUT2D eigenvalue weighted by molar-refractivity contribution is -0.150. The standard InChI is InChI=1S/C17H26O2/c1-11-7-6-8-17(4,5)10-16(19-13(3)18)12(2)15-9-14(11)15/h6,8,12,14-16H,1,7,9-10H2,2-5H3/b8-6+/t12-,14+,15+,16+/m0/s1. The maximum Gasteiger partial charge on any atom is 0.302 e. The Morgan fingerprint density at radius 2 is 2.16 bits per heavy atom. The van der Waals surface area contributed by atoms with Crippen LogP contribution in [0.15, 0.2) is 24.3 Å². The summed E-state index contributed by atoms with van der Waals surface area (Å²) in [6.45, 7) is 12.4. The van der Waals surface area contributed by atoms with Gasteiger partial charge in [-0.25, -0.2) is 0 Å². The van der Waals surface area contributed by atoms with Gasteiger partial charge in [0.25, 0.3) is 0 Å². The number of carbonyl (C=O) groups is 1. The Balaban J connectivity index is 2.21. The third-order valence-corrected chi connectivity index (χ3v) is 4.62. The Morgan fingerprint density at radius 1 is 1.47 bits per heavy atom. The zero-order valence-corrected chi connectivity index (χ0v) is 12.6. The predicted octanol–water partition coefficient (Wildman–Crippen LogP) is 4.12. The van der Waals surface area contributed by atoms with E-state index < -0.39 is 0 Å². The third kappa shape index (κ3) is 3.49. The highest BCUT2D eigenvalue weighted by atomic mass is 16.5. The number of hydrogen-bond donors (Lipinski definition) is 0. The van der Waals surface area contributed by atoms with Gasteiger partial charge in [0.15, 0.2) is 0 Å². The van der Waals surface area contributed by atoms with Crippen molar-refractivity contribution in [1.82, 2.24) is 0 Å². The van der Waals surface area contributed by atoms with Gasteiger partial charge in [0, 0.05) is 6.92 Å². The number of allylic oxidation sites excluding steroid dienone is 3. The molecule has 1 fully saturated rings. The molecule has 0 spiro atoms. The largest absolute Gasteiger partial charge is 0.462 e. The van der Waals surface area contributed by atoms with E-state index in [1.165, 1.54) is 18.9 Å². The predicted molar refractivity (Wildman–Crippen MR) is 77.6 cm³/mol. The average Bonchev–Trinajstić information content (AvgIpc) is 3.04.